The number of hydrogen-bond donors (Lipinski definition) is 3. The molecule has 0 spiro atoms. The second kappa shape index (κ2) is 4.77. The van der Waals surface area contributed by atoms with Crippen molar-refractivity contribution in [3.05, 3.63) is 17.5 Å². The molecule has 1 heterocycles. The van der Waals surface area contributed by atoms with Gasteiger partial charge in [0.15, 0.2) is 5.78 Å². The van der Waals surface area contributed by atoms with Crippen LogP contribution in [0.4, 0.5) is 5.95 Å². The molecule has 1 aromatic heterocycles. The van der Waals surface area contributed by atoms with E-state index in [1.54, 1.807) is 6.20 Å². The molecule has 17 heavy (non-hydrogen) atoms. The van der Waals surface area contributed by atoms with Crippen LogP contribution in [0.1, 0.15) is 22.5 Å². The summed E-state index contributed by atoms with van der Waals surface area (Å²) in [6.07, 6.45) is 2.83. The van der Waals surface area contributed by atoms with Gasteiger partial charge in [-0.05, 0) is 12.5 Å². The number of rotatable bonds is 3. The van der Waals surface area contributed by atoms with Crippen molar-refractivity contribution in [1.29, 1.82) is 0 Å². The summed E-state index contributed by atoms with van der Waals surface area (Å²) in [7, 11) is 0. The van der Waals surface area contributed by atoms with Crippen molar-refractivity contribution < 1.29 is 9.36 Å². The number of hydrogen-bond acceptors (Lipinski definition) is 5. The number of aromatic nitrogens is 2. The first kappa shape index (κ1) is 11.9. The number of ketones is 1. The van der Waals surface area contributed by atoms with Gasteiger partial charge in [0, 0.05) is 19.4 Å². The highest BCUT2D eigenvalue weighted by molar-refractivity contribution is 5.97. The summed E-state index contributed by atoms with van der Waals surface area (Å²) in [6.45, 7) is 1.55. The molecule has 0 saturated carbocycles. The predicted octanol–water partition coefficient (Wildman–Crippen LogP) is -1.39. The standard InChI is InChI=1S/C11H17N5O/c12-1-2-16-9-3-7(5-13)4-10(17)8(9)6-15-11(16)14/h6-7,14H,1-5,12-13H2/p+1. The van der Waals surface area contributed by atoms with E-state index in [1.165, 1.54) is 0 Å². The van der Waals surface area contributed by atoms with Gasteiger partial charge in [-0.3, -0.25) is 10.5 Å². The number of carbonyl (C=O) groups is 1. The maximum absolute atomic E-state index is 11.9. The molecule has 1 aromatic rings. The third kappa shape index (κ3) is 2.13. The monoisotopic (exact) mass is 236 g/mol. The van der Waals surface area contributed by atoms with Gasteiger partial charge in [0.1, 0.15) is 6.20 Å². The third-order valence-corrected chi connectivity index (χ3v) is 3.18. The molecule has 92 valence electrons. The summed E-state index contributed by atoms with van der Waals surface area (Å²) in [5.74, 6) is 0.695. The van der Waals surface area contributed by atoms with E-state index in [2.05, 4.69) is 4.98 Å². The minimum absolute atomic E-state index is 0.0972. The second-order valence-electron chi connectivity index (χ2n) is 4.35. The van der Waals surface area contributed by atoms with E-state index in [0.717, 1.165) is 12.1 Å². The van der Waals surface area contributed by atoms with Crippen LogP contribution in [-0.4, -0.2) is 23.9 Å². The van der Waals surface area contributed by atoms with E-state index in [4.69, 9.17) is 17.2 Å². The molecule has 0 radical (unpaired) electrons. The van der Waals surface area contributed by atoms with Crippen molar-refractivity contribution in [1.82, 2.24) is 4.98 Å². The van der Waals surface area contributed by atoms with Gasteiger partial charge in [0.2, 0.25) is 0 Å². The molecule has 2 rings (SSSR count). The van der Waals surface area contributed by atoms with Crippen molar-refractivity contribution in [3.8, 4) is 0 Å². The van der Waals surface area contributed by atoms with Gasteiger partial charge in [-0.1, -0.05) is 4.98 Å². The summed E-state index contributed by atoms with van der Waals surface area (Å²) in [4.78, 5) is 16.0. The highest BCUT2D eigenvalue weighted by atomic mass is 16.1. The fourth-order valence-electron chi connectivity index (χ4n) is 2.27. The SMILES string of the molecule is NCC[n+]1c(N)ncc2c1CC(CN)CC2=O. The number of nitrogen functional groups attached to an aromatic ring is 1. The first-order chi connectivity index (χ1) is 8.17. The molecule has 0 amide bonds. The Morgan fingerprint density at radius 2 is 2.18 bits per heavy atom. The molecule has 0 bridgehead atoms. The number of fused-ring (bicyclic) bond motifs is 1. The van der Waals surface area contributed by atoms with Gasteiger partial charge in [-0.15, -0.1) is 0 Å². The van der Waals surface area contributed by atoms with Crippen molar-refractivity contribution in [2.75, 3.05) is 18.8 Å². The Morgan fingerprint density at radius 3 is 2.82 bits per heavy atom. The predicted molar refractivity (Wildman–Crippen MR) is 63.1 cm³/mol. The topological polar surface area (TPSA) is 112 Å². The molecule has 1 aliphatic carbocycles. The summed E-state index contributed by atoms with van der Waals surface area (Å²) >= 11 is 0. The van der Waals surface area contributed by atoms with Crippen LogP contribution in [0, 0.1) is 5.92 Å². The summed E-state index contributed by atoms with van der Waals surface area (Å²) in [5.41, 5.74) is 18.6. The van der Waals surface area contributed by atoms with E-state index in [-0.39, 0.29) is 11.7 Å². The van der Waals surface area contributed by atoms with Crippen LogP contribution in [0.3, 0.4) is 0 Å². The Hall–Kier alpha value is -1.53. The maximum atomic E-state index is 11.9. The largest absolute Gasteiger partial charge is 0.389 e. The average Bonchev–Trinajstić information content (AvgIpc) is 2.32. The Balaban J connectivity index is 2.48. The van der Waals surface area contributed by atoms with Crippen LogP contribution >= 0.6 is 0 Å². The van der Waals surface area contributed by atoms with E-state index in [1.807, 2.05) is 4.57 Å². The van der Waals surface area contributed by atoms with Crippen LogP contribution in [0.5, 0.6) is 0 Å². The summed E-state index contributed by atoms with van der Waals surface area (Å²) < 4.78 is 1.83. The zero-order chi connectivity index (χ0) is 12.4. The molecule has 0 aromatic carbocycles. The quantitative estimate of drug-likeness (QED) is 0.560. The van der Waals surface area contributed by atoms with E-state index < -0.39 is 0 Å². The number of nitrogens with two attached hydrogens (primary N) is 3. The molecule has 1 aliphatic rings. The number of carbonyl (C=O) groups excluding carboxylic acids is 1. The van der Waals surface area contributed by atoms with Crippen LogP contribution in [-0.2, 0) is 13.0 Å². The molecule has 6 heteroatoms. The Bertz CT molecular complexity index is 446. The number of anilines is 1. The van der Waals surface area contributed by atoms with Crippen molar-refractivity contribution in [3.63, 3.8) is 0 Å². The number of Topliss-reactive ketones (excluding diaryl/α,β-unsaturated/α-hetero) is 1. The molecule has 0 fully saturated rings. The molecule has 6 N–H and O–H groups in total. The first-order valence-electron chi connectivity index (χ1n) is 5.78. The minimum Gasteiger partial charge on any atom is -0.330 e. The minimum atomic E-state index is 0.0972. The first-order valence-corrected chi connectivity index (χ1v) is 5.78. The fraction of sp³-hybridized carbons (Fsp3) is 0.545. The van der Waals surface area contributed by atoms with Gasteiger partial charge >= 0.3 is 5.95 Å². The fourth-order valence-corrected chi connectivity index (χ4v) is 2.27. The van der Waals surface area contributed by atoms with Crippen molar-refractivity contribution >= 4 is 11.7 Å². The van der Waals surface area contributed by atoms with Crippen LogP contribution in [0.2, 0.25) is 0 Å². The zero-order valence-corrected chi connectivity index (χ0v) is 9.72. The van der Waals surface area contributed by atoms with Gasteiger partial charge in [-0.2, -0.15) is 0 Å². The van der Waals surface area contributed by atoms with Gasteiger partial charge < -0.3 is 11.5 Å². The van der Waals surface area contributed by atoms with Crippen molar-refractivity contribution in [2.24, 2.45) is 17.4 Å². The van der Waals surface area contributed by atoms with E-state index in [0.29, 0.717) is 37.6 Å². The Morgan fingerprint density at radius 1 is 1.41 bits per heavy atom. The number of nitrogens with zero attached hydrogens (tertiary/aromatic N) is 2. The lowest BCUT2D eigenvalue weighted by Crippen LogP contribution is -2.48. The van der Waals surface area contributed by atoms with E-state index in [9.17, 15) is 4.79 Å². The van der Waals surface area contributed by atoms with Crippen molar-refractivity contribution in [2.45, 2.75) is 19.4 Å². The summed E-state index contributed by atoms with van der Waals surface area (Å²) in [6, 6.07) is 0. The lowest BCUT2D eigenvalue weighted by Gasteiger charge is -2.22. The van der Waals surface area contributed by atoms with Gasteiger partial charge in [0.25, 0.3) is 0 Å². The molecule has 0 aliphatic heterocycles. The average molecular weight is 236 g/mol. The maximum Gasteiger partial charge on any atom is 0.389 e. The lowest BCUT2D eigenvalue weighted by molar-refractivity contribution is -0.690. The lowest BCUT2D eigenvalue weighted by atomic mass is 9.86. The molecule has 1 unspecified atom stereocenters. The molecule has 1 atom stereocenters. The highest BCUT2D eigenvalue weighted by Crippen LogP contribution is 2.22. The Labute approximate surface area is 99.8 Å². The highest BCUT2D eigenvalue weighted by Gasteiger charge is 2.30. The summed E-state index contributed by atoms with van der Waals surface area (Å²) in [5, 5.41) is 0. The normalized spacial score (nSPS) is 19.2. The molecular weight excluding hydrogens is 218 g/mol. The van der Waals surface area contributed by atoms with E-state index >= 15 is 0 Å². The van der Waals surface area contributed by atoms with Crippen LogP contribution in [0.15, 0.2) is 6.20 Å². The Kier molecular flexibility index (Phi) is 3.35. The molecule has 0 saturated heterocycles. The second-order valence-corrected chi connectivity index (χ2v) is 4.35. The zero-order valence-electron chi connectivity index (χ0n) is 9.72. The molecule has 6 nitrogen and oxygen atoms in total. The smallest absolute Gasteiger partial charge is 0.330 e. The van der Waals surface area contributed by atoms with Crippen LogP contribution < -0.4 is 21.8 Å². The van der Waals surface area contributed by atoms with Crippen LogP contribution in [0.25, 0.3) is 0 Å². The van der Waals surface area contributed by atoms with Gasteiger partial charge in [0.05, 0.1) is 17.8 Å². The third-order valence-electron chi connectivity index (χ3n) is 3.18. The molecular formula is C11H18N5O+. The van der Waals surface area contributed by atoms with Gasteiger partial charge in [-0.25, -0.2) is 4.57 Å².